The van der Waals surface area contributed by atoms with Crippen LogP contribution in [0.15, 0.2) is 48.9 Å². The molecule has 0 saturated heterocycles. The molecule has 0 aliphatic rings. The highest BCUT2D eigenvalue weighted by atomic mass is 35.5. The number of fused-ring (bicyclic) bond motifs is 1. The summed E-state index contributed by atoms with van der Waals surface area (Å²) >= 11 is 12.4. The van der Waals surface area contributed by atoms with Gasteiger partial charge in [0.2, 0.25) is 0 Å². The van der Waals surface area contributed by atoms with E-state index in [1.807, 2.05) is 0 Å². The first-order chi connectivity index (χ1) is 11.5. The van der Waals surface area contributed by atoms with Crippen LogP contribution in [-0.4, -0.2) is 26.5 Å². The molecule has 2 heterocycles. The second-order valence-corrected chi connectivity index (χ2v) is 5.77. The van der Waals surface area contributed by atoms with Gasteiger partial charge in [-0.25, -0.2) is 4.79 Å². The van der Waals surface area contributed by atoms with Crippen molar-refractivity contribution in [1.82, 2.24) is 9.55 Å². The summed E-state index contributed by atoms with van der Waals surface area (Å²) in [6, 6.07) is 6.48. The average molecular weight is 361 g/mol. The second kappa shape index (κ2) is 6.47. The Morgan fingerprint density at radius 1 is 1.17 bits per heavy atom. The number of carbonyl (C=O) groups is 2. The van der Waals surface area contributed by atoms with E-state index in [-0.39, 0.29) is 21.5 Å². The van der Waals surface area contributed by atoms with Gasteiger partial charge >= 0.3 is 5.97 Å². The highest BCUT2D eigenvalue weighted by molar-refractivity contribution is 6.40. The summed E-state index contributed by atoms with van der Waals surface area (Å²) in [5.74, 6) is -1.46. The van der Waals surface area contributed by atoms with Gasteiger partial charge in [0, 0.05) is 30.1 Å². The van der Waals surface area contributed by atoms with E-state index in [1.54, 1.807) is 30.7 Å². The quantitative estimate of drug-likeness (QED) is 0.712. The lowest BCUT2D eigenvalue weighted by molar-refractivity contribution is -0.131. The van der Waals surface area contributed by atoms with E-state index in [0.717, 1.165) is 11.5 Å². The summed E-state index contributed by atoms with van der Waals surface area (Å²) < 4.78 is 1.44. The van der Waals surface area contributed by atoms with Crippen molar-refractivity contribution in [3.63, 3.8) is 0 Å². The lowest BCUT2D eigenvalue weighted by Gasteiger charge is -2.09. The van der Waals surface area contributed by atoms with E-state index < -0.39 is 5.97 Å². The van der Waals surface area contributed by atoms with Crippen LogP contribution in [0.3, 0.4) is 0 Å². The standard InChI is InChI=1S/C17H10Cl2N2O3/c18-12-7-10(1-2-15(22)23)8-13(19)16(12)17(24)21-6-4-11-9-20-5-3-14(11)21/h1-9H,(H,22,23). The highest BCUT2D eigenvalue weighted by Gasteiger charge is 2.19. The van der Waals surface area contributed by atoms with Gasteiger partial charge in [0.05, 0.1) is 21.1 Å². The van der Waals surface area contributed by atoms with Crippen molar-refractivity contribution >= 4 is 52.1 Å². The maximum absolute atomic E-state index is 12.8. The predicted molar refractivity (Wildman–Crippen MR) is 92.6 cm³/mol. The molecule has 24 heavy (non-hydrogen) atoms. The molecule has 0 amide bonds. The fourth-order valence-electron chi connectivity index (χ4n) is 2.34. The molecular formula is C17H10Cl2N2O3. The maximum Gasteiger partial charge on any atom is 0.328 e. The topological polar surface area (TPSA) is 72.2 Å². The zero-order chi connectivity index (χ0) is 17.3. The fraction of sp³-hybridized carbons (Fsp3) is 0. The summed E-state index contributed by atoms with van der Waals surface area (Å²) in [6.07, 6.45) is 7.19. The van der Waals surface area contributed by atoms with Gasteiger partial charge in [-0.1, -0.05) is 23.2 Å². The van der Waals surface area contributed by atoms with Crippen LogP contribution in [0.2, 0.25) is 10.0 Å². The third-order valence-electron chi connectivity index (χ3n) is 3.41. The van der Waals surface area contributed by atoms with E-state index >= 15 is 0 Å². The Balaban J connectivity index is 2.06. The first kappa shape index (κ1) is 16.2. The molecule has 0 unspecified atom stereocenters. The molecule has 1 aromatic carbocycles. The normalized spacial score (nSPS) is 11.2. The molecule has 0 saturated carbocycles. The number of aromatic nitrogens is 2. The number of hydrogen-bond donors (Lipinski definition) is 1. The van der Waals surface area contributed by atoms with Crippen LogP contribution in [0, 0.1) is 0 Å². The minimum Gasteiger partial charge on any atom is -0.478 e. The van der Waals surface area contributed by atoms with Gasteiger partial charge in [-0.3, -0.25) is 14.3 Å². The Labute approximate surface area is 146 Å². The van der Waals surface area contributed by atoms with Gasteiger partial charge in [-0.2, -0.15) is 0 Å². The van der Waals surface area contributed by atoms with E-state index in [0.29, 0.717) is 11.1 Å². The minimum absolute atomic E-state index is 0.147. The van der Waals surface area contributed by atoms with Crippen molar-refractivity contribution in [3.05, 3.63) is 70.1 Å². The molecule has 5 nitrogen and oxygen atoms in total. The lowest BCUT2D eigenvalue weighted by atomic mass is 10.1. The van der Waals surface area contributed by atoms with E-state index in [4.69, 9.17) is 28.3 Å². The molecular weight excluding hydrogens is 351 g/mol. The molecule has 0 aliphatic carbocycles. The number of nitrogens with zero attached hydrogens (tertiary/aromatic N) is 2. The Morgan fingerprint density at radius 2 is 1.88 bits per heavy atom. The molecule has 0 atom stereocenters. The molecule has 0 aliphatic heterocycles. The van der Waals surface area contributed by atoms with Crippen molar-refractivity contribution in [1.29, 1.82) is 0 Å². The van der Waals surface area contributed by atoms with Crippen molar-refractivity contribution in [2.45, 2.75) is 0 Å². The molecule has 0 bridgehead atoms. The number of carbonyl (C=O) groups excluding carboxylic acids is 1. The van der Waals surface area contributed by atoms with Crippen LogP contribution < -0.4 is 0 Å². The lowest BCUT2D eigenvalue weighted by Crippen LogP contribution is -2.12. The second-order valence-electron chi connectivity index (χ2n) is 4.96. The van der Waals surface area contributed by atoms with Crippen molar-refractivity contribution in [3.8, 4) is 0 Å². The average Bonchev–Trinajstić information content (AvgIpc) is 2.96. The number of aliphatic carboxylic acids is 1. The molecule has 1 N–H and O–H groups in total. The zero-order valence-corrected chi connectivity index (χ0v) is 13.6. The SMILES string of the molecule is O=C(O)C=Cc1cc(Cl)c(C(=O)n2ccc3cnccc32)c(Cl)c1. The summed E-state index contributed by atoms with van der Waals surface area (Å²) in [5.41, 5.74) is 1.34. The third-order valence-corrected chi connectivity index (χ3v) is 4.00. The number of rotatable bonds is 3. The Morgan fingerprint density at radius 3 is 2.54 bits per heavy atom. The zero-order valence-electron chi connectivity index (χ0n) is 12.1. The predicted octanol–water partition coefficient (Wildman–Crippen LogP) is 4.13. The van der Waals surface area contributed by atoms with Crippen LogP contribution in [0.1, 0.15) is 15.9 Å². The number of carboxylic acids is 1. The molecule has 7 heteroatoms. The Kier molecular flexibility index (Phi) is 4.38. The molecule has 3 rings (SSSR count). The first-order valence-corrected chi connectivity index (χ1v) is 7.59. The van der Waals surface area contributed by atoms with Crippen molar-refractivity contribution in [2.24, 2.45) is 0 Å². The summed E-state index contributed by atoms with van der Waals surface area (Å²) in [7, 11) is 0. The third kappa shape index (κ3) is 3.04. The van der Waals surface area contributed by atoms with Crippen LogP contribution in [-0.2, 0) is 4.79 Å². The molecule has 2 aromatic heterocycles. The minimum atomic E-state index is -1.09. The van der Waals surface area contributed by atoms with Crippen LogP contribution in [0.5, 0.6) is 0 Å². The van der Waals surface area contributed by atoms with Crippen molar-refractivity contribution < 1.29 is 14.7 Å². The van der Waals surface area contributed by atoms with Crippen molar-refractivity contribution in [2.75, 3.05) is 0 Å². The largest absolute Gasteiger partial charge is 0.478 e. The Bertz CT molecular complexity index is 969. The molecule has 120 valence electrons. The van der Waals surface area contributed by atoms with Gasteiger partial charge in [-0.15, -0.1) is 0 Å². The maximum atomic E-state index is 12.8. The molecule has 0 fully saturated rings. The number of halogens is 2. The van der Waals surface area contributed by atoms with E-state index in [2.05, 4.69) is 4.98 Å². The van der Waals surface area contributed by atoms with E-state index in [9.17, 15) is 9.59 Å². The van der Waals surface area contributed by atoms with Gasteiger partial charge in [0.15, 0.2) is 0 Å². The summed E-state index contributed by atoms with van der Waals surface area (Å²) in [4.78, 5) is 27.4. The van der Waals surface area contributed by atoms with Crippen LogP contribution >= 0.6 is 23.2 Å². The number of hydrogen-bond acceptors (Lipinski definition) is 3. The van der Waals surface area contributed by atoms with Gasteiger partial charge in [-0.05, 0) is 35.9 Å². The summed E-state index contributed by atoms with van der Waals surface area (Å²) in [5, 5.41) is 9.78. The molecule has 0 spiro atoms. The van der Waals surface area contributed by atoms with Crippen LogP contribution in [0.4, 0.5) is 0 Å². The number of carboxylic acid groups (broad SMARTS) is 1. The Hall–Kier alpha value is -2.63. The fourth-order valence-corrected chi connectivity index (χ4v) is 3.01. The van der Waals surface area contributed by atoms with E-state index in [1.165, 1.54) is 22.8 Å². The monoisotopic (exact) mass is 360 g/mol. The van der Waals surface area contributed by atoms with Gasteiger partial charge in [0.1, 0.15) is 0 Å². The smallest absolute Gasteiger partial charge is 0.328 e. The highest BCUT2D eigenvalue weighted by Crippen LogP contribution is 2.29. The number of benzene rings is 1. The first-order valence-electron chi connectivity index (χ1n) is 6.83. The molecule has 3 aromatic rings. The molecule has 0 radical (unpaired) electrons. The van der Waals surface area contributed by atoms with Gasteiger partial charge < -0.3 is 5.11 Å². The van der Waals surface area contributed by atoms with Gasteiger partial charge in [0.25, 0.3) is 5.91 Å². The number of pyridine rings is 1. The summed E-state index contributed by atoms with van der Waals surface area (Å²) in [6.45, 7) is 0. The van der Waals surface area contributed by atoms with Crippen LogP contribution in [0.25, 0.3) is 17.0 Å².